The number of benzene rings is 3. The summed E-state index contributed by atoms with van der Waals surface area (Å²) in [5, 5.41) is 7.07. The molecule has 0 N–H and O–H groups in total. The second kappa shape index (κ2) is 9.17. The molecule has 0 fully saturated rings. The highest BCUT2D eigenvalue weighted by Crippen LogP contribution is 2.50. The van der Waals surface area contributed by atoms with E-state index in [1.54, 1.807) is 21.3 Å². The number of para-hydroxylation sites is 1. The summed E-state index contributed by atoms with van der Waals surface area (Å²) in [7, 11) is 4.86. The van der Waals surface area contributed by atoms with E-state index in [0.717, 1.165) is 40.3 Å². The number of methoxy groups -OCH3 is 3. The van der Waals surface area contributed by atoms with Crippen molar-refractivity contribution in [1.82, 2.24) is 5.01 Å². The molecular formula is C27H28N2O5. The maximum atomic E-state index is 6.51. The van der Waals surface area contributed by atoms with Crippen LogP contribution in [-0.2, 0) is 0 Å². The van der Waals surface area contributed by atoms with E-state index in [0.29, 0.717) is 23.9 Å². The Morgan fingerprint density at radius 2 is 1.59 bits per heavy atom. The van der Waals surface area contributed by atoms with Crippen LogP contribution in [-0.4, -0.2) is 38.7 Å². The van der Waals surface area contributed by atoms with Gasteiger partial charge in [0.05, 0.1) is 45.3 Å². The highest BCUT2D eigenvalue weighted by Gasteiger charge is 2.42. The lowest BCUT2D eigenvalue weighted by Crippen LogP contribution is -2.34. The largest absolute Gasteiger partial charge is 0.496 e. The summed E-state index contributed by atoms with van der Waals surface area (Å²) in [4.78, 5) is 0. The molecule has 34 heavy (non-hydrogen) atoms. The van der Waals surface area contributed by atoms with Gasteiger partial charge in [0.15, 0.2) is 11.5 Å². The summed E-state index contributed by atoms with van der Waals surface area (Å²) in [5.74, 6) is 3.53. The topological polar surface area (TPSA) is 61.8 Å². The summed E-state index contributed by atoms with van der Waals surface area (Å²) in [6, 6.07) is 20.0. The third kappa shape index (κ3) is 3.77. The number of nitrogens with zero attached hydrogens (tertiary/aromatic N) is 2. The average molecular weight is 461 g/mol. The normalized spacial score (nSPS) is 18.4. The first-order valence-corrected chi connectivity index (χ1v) is 11.3. The van der Waals surface area contributed by atoms with Crippen molar-refractivity contribution in [2.75, 3.05) is 27.9 Å². The van der Waals surface area contributed by atoms with E-state index in [1.807, 2.05) is 54.4 Å². The molecule has 2 unspecified atom stereocenters. The minimum absolute atomic E-state index is 0.0364. The van der Waals surface area contributed by atoms with Crippen molar-refractivity contribution in [1.29, 1.82) is 0 Å². The first-order valence-electron chi connectivity index (χ1n) is 11.3. The van der Waals surface area contributed by atoms with Gasteiger partial charge in [-0.15, -0.1) is 0 Å². The Kier molecular flexibility index (Phi) is 5.92. The van der Waals surface area contributed by atoms with Gasteiger partial charge in [-0.3, -0.25) is 0 Å². The van der Waals surface area contributed by atoms with E-state index in [4.69, 9.17) is 28.8 Å². The minimum atomic E-state index is -0.491. The predicted molar refractivity (Wildman–Crippen MR) is 129 cm³/mol. The van der Waals surface area contributed by atoms with Gasteiger partial charge in [0.1, 0.15) is 17.2 Å². The molecule has 0 bridgehead atoms. The Morgan fingerprint density at radius 3 is 2.29 bits per heavy atom. The molecule has 2 heterocycles. The smallest absolute Gasteiger partial charge is 0.217 e. The molecule has 0 aliphatic carbocycles. The van der Waals surface area contributed by atoms with Gasteiger partial charge < -0.3 is 23.7 Å². The zero-order valence-electron chi connectivity index (χ0n) is 19.8. The van der Waals surface area contributed by atoms with E-state index >= 15 is 0 Å². The van der Waals surface area contributed by atoms with Crippen molar-refractivity contribution in [3.63, 3.8) is 0 Å². The van der Waals surface area contributed by atoms with Crippen molar-refractivity contribution in [2.24, 2.45) is 5.10 Å². The molecule has 3 aromatic carbocycles. The summed E-state index contributed by atoms with van der Waals surface area (Å²) in [6.45, 7) is 2.62. The number of hydrogen-bond donors (Lipinski definition) is 0. The van der Waals surface area contributed by atoms with Gasteiger partial charge in [0.2, 0.25) is 6.23 Å². The first kappa shape index (κ1) is 21.9. The lowest BCUT2D eigenvalue weighted by molar-refractivity contribution is -0.0205. The molecule has 0 aromatic heterocycles. The van der Waals surface area contributed by atoms with Crippen LogP contribution in [0.4, 0.5) is 0 Å². The molecule has 2 atom stereocenters. The highest BCUT2D eigenvalue weighted by atomic mass is 16.5. The summed E-state index contributed by atoms with van der Waals surface area (Å²) < 4.78 is 28.9. The Morgan fingerprint density at radius 1 is 0.882 bits per heavy atom. The zero-order valence-corrected chi connectivity index (χ0v) is 19.8. The Bertz CT molecular complexity index is 1210. The van der Waals surface area contributed by atoms with E-state index in [-0.39, 0.29) is 6.04 Å². The molecule has 3 aromatic rings. The van der Waals surface area contributed by atoms with Crippen LogP contribution in [0.1, 0.15) is 42.3 Å². The third-order valence-electron chi connectivity index (χ3n) is 6.20. The van der Waals surface area contributed by atoms with Crippen molar-refractivity contribution in [3.05, 3.63) is 77.4 Å². The molecule has 0 saturated carbocycles. The number of hydrogen-bond acceptors (Lipinski definition) is 7. The second-order valence-corrected chi connectivity index (χ2v) is 8.06. The number of fused-ring (bicyclic) bond motifs is 3. The van der Waals surface area contributed by atoms with Crippen LogP contribution >= 0.6 is 0 Å². The van der Waals surface area contributed by atoms with Crippen LogP contribution in [0.5, 0.6) is 28.7 Å². The van der Waals surface area contributed by atoms with Gasteiger partial charge in [0, 0.05) is 18.1 Å². The van der Waals surface area contributed by atoms with Crippen LogP contribution in [0.15, 0.2) is 65.8 Å². The predicted octanol–water partition coefficient (Wildman–Crippen LogP) is 5.35. The average Bonchev–Trinajstić information content (AvgIpc) is 3.34. The molecule has 5 rings (SSSR count). The number of rotatable bonds is 7. The fourth-order valence-electron chi connectivity index (χ4n) is 4.57. The van der Waals surface area contributed by atoms with Gasteiger partial charge in [0.25, 0.3) is 0 Å². The number of ether oxygens (including phenoxy) is 5. The molecule has 7 nitrogen and oxygen atoms in total. The van der Waals surface area contributed by atoms with Crippen LogP contribution in [0.3, 0.4) is 0 Å². The Labute approximate surface area is 199 Å². The lowest BCUT2D eigenvalue weighted by Gasteiger charge is -2.38. The van der Waals surface area contributed by atoms with E-state index < -0.39 is 6.23 Å². The van der Waals surface area contributed by atoms with Crippen LogP contribution in [0.25, 0.3) is 0 Å². The molecule has 0 amide bonds. The Hall–Kier alpha value is -3.87. The van der Waals surface area contributed by atoms with Crippen molar-refractivity contribution in [3.8, 4) is 28.7 Å². The molecule has 0 saturated heterocycles. The zero-order chi connectivity index (χ0) is 23.7. The minimum Gasteiger partial charge on any atom is -0.496 e. The van der Waals surface area contributed by atoms with Crippen LogP contribution < -0.4 is 23.7 Å². The summed E-state index contributed by atoms with van der Waals surface area (Å²) >= 11 is 0. The van der Waals surface area contributed by atoms with Crippen LogP contribution in [0, 0.1) is 0 Å². The molecule has 2 aliphatic rings. The monoisotopic (exact) mass is 460 g/mol. The first-order chi connectivity index (χ1) is 16.7. The standard InChI is InChI=1S/C27H28N2O5/c1-5-33-18-12-10-17(11-13-18)21-15-22-19-8-6-7-9-23(19)34-27(29(22)28-21)20-14-25(31-3)26(32-4)16-24(20)30-2/h6-14,16,22,27H,5,15H2,1-4H3. The van der Waals surface area contributed by atoms with E-state index in [2.05, 4.69) is 18.2 Å². The van der Waals surface area contributed by atoms with Gasteiger partial charge in [-0.1, -0.05) is 18.2 Å². The summed E-state index contributed by atoms with van der Waals surface area (Å²) in [5.41, 5.74) is 3.99. The Balaban J connectivity index is 1.58. The second-order valence-electron chi connectivity index (χ2n) is 8.06. The van der Waals surface area contributed by atoms with Gasteiger partial charge in [-0.25, -0.2) is 5.01 Å². The molecule has 2 aliphatic heterocycles. The summed E-state index contributed by atoms with van der Waals surface area (Å²) in [6.07, 6.45) is 0.273. The number of hydrazone groups is 1. The van der Waals surface area contributed by atoms with Crippen molar-refractivity contribution >= 4 is 5.71 Å². The highest BCUT2D eigenvalue weighted by molar-refractivity contribution is 6.02. The van der Waals surface area contributed by atoms with Gasteiger partial charge >= 0.3 is 0 Å². The van der Waals surface area contributed by atoms with Gasteiger partial charge in [-0.05, 0) is 48.9 Å². The maximum Gasteiger partial charge on any atom is 0.217 e. The van der Waals surface area contributed by atoms with E-state index in [9.17, 15) is 0 Å². The fourth-order valence-corrected chi connectivity index (χ4v) is 4.57. The van der Waals surface area contributed by atoms with E-state index in [1.165, 1.54) is 0 Å². The molecular weight excluding hydrogens is 432 g/mol. The molecule has 176 valence electrons. The fraction of sp³-hybridized carbons (Fsp3) is 0.296. The quantitative estimate of drug-likeness (QED) is 0.474. The third-order valence-corrected chi connectivity index (χ3v) is 6.20. The lowest BCUT2D eigenvalue weighted by atomic mass is 9.95. The van der Waals surface area contributed by atoms with Gasteiger partial charge in [-0.2, -0.15) is 5.10 Å². The van der Waals surface area contributed by atoms with Crippen molar-refractivity contribution < 1.29 is 23.7 Å². The SMILES string of the molecule is CCOc1ccc(C2=NN3C(C2)c2ccccc2OC3c2cc(OC)c(OC)cc2OC)cc1. The van der Waals surface area contributed by atoms with Crippen molar-refractivity contribution in [2.45, 2.75) is 25.6 Å². The molecule has 7 heteroatoms. The molecule has 0 spiro atoms. The van der Waals surface area contributed by atoms with Crippen LogP contribution in [0.2, 0.25) is 0 Å². The maximum absolute atomic E-state index is 6.51. The molecule has 0 radical (unpaired) electrons.